The topological polar surface area (TPSA) is 15.3 Å². The van der Waals surface area contributed by atoms with E-state index in [2.05, 4.69) is 10.2 Å². The molecule has 0 bridgehead atoms. The van der Waals surface area contributed by atoms with E-state index in [1.165, 1.54) is 31.7 Å². The number of piperazine rings is 1. The summed E-state index contributed by atoms with van der Waals surface area (Å²) in [5.41, 5.74) is 0.836. The Morgan fingerprint density at radius 1 is 1.19 bits per heavy atom. The Morgan fingerprint density at radius 3 is 2.48 bits per heavy atom. The smallest absolute Gasteiger partial charge is 0.129 e. The van der Waals surface area contributed by atoms with E-state index in [4.69, 9.17) is 11.6 Å². The molecule has 21 heavy (non-hydrogen) atoms. The van der Waals surface area contributed by atoms with Crippen molar-refractivity contribution in [2.75, 3.05) is 26.2 Å². The molecule has 1 aromatic rings. The molecule has 1 aromatic carbocycles. The summed E-state index contributed by atoms with van der Waals surface area (Å²) in [6, 6.07) is 5.39. The first-order valence-electron chi connectivity index (χ1n) is 7.65. The standard InChI is InChI=1S/C16H22ClFN2.ClH/c17-13-5-6-14(15(18)11-13)16(12-3-1-2-4-12)20-9-7-19-8-10-20;/h5-6,11-12,16,19H,1-4,7-10H2;1H/t16-;/m1./s1. The SMILES string of the molecule is Cl.Fc1cc(Cl)ccc1[C@@H](C1CCCC1)N1CCNCC1. The largest absolute Gasteiger partial charge is 0.314 e. The van der Waals surface area contributed by atoms with Crippen molar-refractivity contribution >= 4 is 24.0 Å². The van der Waals surface area contributed by atoms with Gasteiger partial charge in [-0.25, -0.2) is 4.39 Å². The van der Waals surface area contributed by atoms with E-state index in [9.17, 15) is 4.39 Å². The highest BCUT2D eigenvalue weighted by Gasteiger charge is 2.33. The molecule has 118 valence electrons. The van der Waals surface area contributed by atoms with E-state index < -0.39 is 0 Å². The van der Waals surface area contributed by atoms with Crippen LogP contribution in [0.5, 0.6) is 0 Å². The minimum absolute atomic E-state index is 0. The quantitative estimate of drug-likeness (QED) is 0.898. The van der Waals surface area contributed by atoms with Crippen LogP contribution in [0.2, 0.25) is 5.02 Å². The molecule has 1 saturated carbocycles. The molecule has 0 aromatic heterocycles. The molecule has 2 nitrogen and oxygen atoms in total. The van der Waals surface area contributed by atoms with Crippen LogP contribution in [-0.2, 0) is 0 Å². The van der Waals surface area contributed by atoms with Crippen LogP contribution in [0.4, 0.5) is 4.39 Å². The third-order valence-corrected chi connectivity index (χ3v) is 4.91. The van der Waals surface area contributed by atoms with Crippen molar-refractivity contribution in [1.82, 2.24) is 10.2 Å². The highest BCUT2D eigenvalue weighted by molar-refractivity contribution is 6.30. The van der Waals surface area contributed by atoms with Gasteiger partial charge in [0.05, 0.1) is 0 Å². The molecular formula is C16H23Cl2FN2. The lowest BCUT2D eigenvalue weighted by molar-refractivity contribution is 0.122. The molecule has 1 aliphatic carbocycles. The number of halogens is 3. The van der Waals surface area contributed by atoms with Crippen molar-refractivity contribution in [3.8, 4) is 0 Å². The highest BCUT2D eigenvalue weighted by Crippen LogP contribution is 2.40. The first-order chi connectivity index (χ1) is 9.75. The van der Waals surface area contributed by atoms with E-state index >= 15 is 0 Å². The molecule has 3 rings (SSSR count). The van der Waals surface area contributed by atoms with Crippen LogP contribution in [0.3, 0.4) is 0 Å². The Bertz CT molecular complexity index is 458. The van der Waals surface area contributed by atoms with Crippen molar-refractivity contribution in [3.63, 3.8) is 0 Å². The minimum atomic E-state index is -0.145. The van der Waals surface area contributed by atoms with Gasteiger partial charge in [0.15, 0.2) is 0 Å². The zero-order valence-corrected chi connectivity index (χ0v) is 13.7. The maximum Gasteiger partial charge on any atom is 0.129 e. The van der Waals surface area contributed by atoms with Gasteiger partial charge in [-0.2, -0.15) is 0 Å². The summed E-state index contributed by atoms with van der Waals surface area (Å²) in [7, 11) is 0. The van der Waals surface area contributed by atoms with E-state index in [0.29, 0.717) is 10.9 Å². The van der Waals surface area contributed by atoms with Gasteiger partial charge in [-0.1, -0.05) is 30.5 Å². The van der Waals surface area contributed by atoms with Crippen LogP contribution in [0.1, 0.15) is 37.3 Å². The molecule has 2 fully saturated rings. The first kappa shape index (κ1) is 17.0. The Hall–Kier alpha value is -0.350. The predicted octanol–water partition coefficient (Wildman–Crippen LogP) is 4.04. The number of rotatable bonds is 3. The van der Waals surface area contributed by atoms with Crippen molar-refractivity contribution in [1.29, 1.82) is 0 Å². The van der Waals surface area contributed by atoms with Crippen molar-refractivity contribution < 1.29 is 4.39 Å². The minimum Gasteiger partial charge on any atom is -0.314 e. The summed E-state index contributed by atoms with van der Waals surface area (Å²) in [6.45, 7) is 4.00. The summed E-state index contributed by atoms with van der Waals surface area (Å²) in [6.07, 6.45) is 5.00. The lowest BCUT2D eigenvalue weighted by Gasteiger charge is -2.38. The van der Waals surface area contributed by atoms with Crippen LogP contribution in [-0.4, -0.2) is 31.1 Å². The number of hydrogen-bond acceptors (Lipinski definition) is 2. The molecule has 1 aliphatic heterocycles. The average Bonchev–Trinajstić information content (AvgIpc) is 2.97. The fourth-order valence-corrected chi connectivity index (χ4v) is 3.88. The summed E-state index contributed by atoms with van der Waals surface area (Å²) in [5.74, 6) is 0.441. The maximum absolute atomic E-state index is 14.4. The summed E-state index contributed by atoms with van der Waals surface area (Å²) >= 11 is 5.90. The third-order valence-electron chi connectivity index (χ3n) is 4.67. The Balaban J connectivity index is 0.00000161. The normalized spacial score (nSPS) is 22.0. The van der Waals surface area contributed by atoms with E-state index in [1.54, 1.807) is 0 Å². The molecule has 1 saturated heterocycles. The number of benzene rings is 1. The second-order valence-corrected chi connectivity index (χ2v) is 6.38. The molecular weight excluding hydrogens is 310 g/mol. The summed E-state index contributed by atoms with van der Waals surface area (Å²) < 4.78 is 14.4. The van der Waals surface area contributed by atoms with Gasteiger partial charge in [-0.3, -0.25) is 4.90 Å². The van der Waals surface area contributed by atoms with Gasteiger partial charge in [0, 0.05) is 42.8 Å². The lowest BCUT2D eigenvalue weighted by atomic mass is 9.89. The maximum atomic E-state index is 14.4. The van der Waals surface area contributed by atoms with Gasteiger partial charge >= 0.3 is 0 Å². The zero-order valence-electron chi connectivity index (χ0n) is 12.2. The van der Waals surface area contributed by atoms with Crippen LogP contribution in [0.25, 0.3) is 0 Å². The molecule has 1 N–H and O–H groups in total. The van der Waals surface area contributed by atoms with E-state index in [1.807, 2.05) is 12.1 Å². The highest BCUT2D eigenvalue weighted by atomic mass is 35.5. The molecule has 0 amide bonds. The fourth-order valence-electron chi connectivity index (χ4n) is 3.72. The summed E-state index contributed by atoms with van der Waals surface area (Å²) in [5, 5.41) is 3.86. The van der Waals surface area contributed by atoms with Crippen molar-refractivity contribution in [2.45, 2.75) is 31.7 Å². The van der Waals surface area contributed by atoms with Crippen LogP contribution < -0.4 is 5.32 Å². The Morgan fingerprint density at radius 2 is 1.86 bits per heavy atom. The molecule has 0 radical (unpaired) electrons. The van der Waals surface area contributed by atoms with Gasteiger partial charge < -0.3 is 5.32 Å². The number of hydrogen-bond donors (Lipinski definition) is 1. The van der Waals surface area contributed by atoms with Crippen LogP contribution in [0.15, 0.2) is 18.2 Å². The second kappa shape index (κ2) is 7.77. The molecule has 0 unspecified atom stereocenters. The monoisotopic (exact) mass is 332 g/mol. The average molecular weight is 333 g/mol. The van der Waals surface area contributed by atoms with Gasteiger partial charge in [0.2, 0.25) is 0 Å². The molecule has 1 atom stereocenters. The Labute approximate surface area is 137 Å². The van der Waals surface area contributed by atoms with Gasteiger partial charge in [-0.05, 0) is 30.9 Å². The number of nitrogens with zero attached hydrogens (tertiary/aromatic N) is 1. The Kier molecular flexibility index (Phi) is 6.30. The lowest BCUT2D eigenvalue weighted by Crippen LogP contribution is -2.46. The summed E-state index contributed by atoms with van der Waals surface area (Å²) in [4.78, 5) is 2.46. The van der Waals surface area contributed by atoms with E-state index in [0.717, 1.165) is 31.7 Å². The predicted molar refractivity (Wildman–Crippen MR) is 87.8 cm³/mol. The van der Waals surface area contributed by atoms with Crippen LogP contribution in [0, 0.1) is 11.7 Å². The first-order valence-corrected chi connectivity index (χ1v) is 8.03. The fraction of sp³-hybridized carbons (Fsp3) is 0.625. The molecule has 5 heteroatoms. The molecule has 0 spiro atoms. The third kappa shape index (κ3) is 3.89. The van der Waals surface area contributed by atoms with Crippen molar-refractivity contribution in [2.24, 2.45) is 5.92 Å². The van der Waals surface area contributed by atoms with Gasteiger partial charge in [0.1, 0.15) is 5.82 Å². The number of nitrogens with one attached hydrogen (secondary N) is 1. The van der Waals surface area contributed by atoms with Crippen LogP contribution >= 0.6 is 24.0 Å². The van der Waals surface area contributed by atoms with E-state index in [-0.39, 0.29) is 24.3 Å². The molecule has 2 aliphatic rings. The second-order valence-electron chi connectivity index (χ2n) is 5.94. The van der Waals surface area contributed by atoms with Gasteiger partial charge in [-0.15, -0.1) is 12.4 Å². The van der Waals surface area contributed by atoms with Crippen molar-refractivity contribution in [3.05, 3.63) is 34.6 Å². The van der Waals surface area contributed by atoms with Gasteiger partial charge in [0.25, 0.3) is 0 Å². The molecule has 1 heterocycles. The zero-order chi connectivity index (χ0) is 13.9.